The number of para-hydroxylation sites is 1. The Balaban J connectivity index is 1.49. The van der Waals surface area contributed by atoms with Crippen molar-refractivity contribution >= 4 is 28.2 Å². The van der Waals surface area contributed by atoms with Crippen LogP contribution in [0.4, 0.5) is 5.13 Å². The molecule has 6 nitrogen and oxygen atoms in total. The van der Waals surface area contributed by atoms with Crippen molar-refractivity contribution in [3.05, 3.63) is 65.7 Å². The van der Waals surface area contributed by atoms with Crippen LogP contribution in [0.1, 0.15) is 16.6 Å². The number of aromatic nitrogens is 1. The zero-order valence-electron chi connectivity index (χ0n) is 14.0. The number of ether oxygens (including phenoxy) is 2. The van der Waals surface area contributed by atoms with E-state index in [0.717, 1.165) is 17.1 Å². The number of thiazole rings is 1. The van der Waals surface area contributed by atoms with Gasteiger partial charge in [0.2, 0.25) is 0 Å². The van der Waals surface area contributed by atoms with Gasteiger partial charge in [0, 0.05) is 6.92 Å². The molecule has 0 atom stereocenters. The third kappa shape index (κ3) is 4.90. The second kappa shape index (κ2) is 8.26. The topological polar surface area (TPSA) is 77.5 Å². The van der Waals surface area contributed by atoms with E-state index in [9.17, 15) is 9.59 Å². The number of carbonyl (C=O) groups is 2. The van der Waals surface area contributed by atoms with Gasteiger partial charge in [-0.2, -0.15) is 0 Å². The van der Waals surface area contributed by atoms with Crippen molar-refractivity contribution in [2.75, 3.05) is 11.9 Å². The van der Waals surface area contributed by atoms with Crippen molar-refractivity contribution in [1.82, 2.24) is 4.98 Å². The van der Waals surface area contributed by atoms with E-state index < -0.39 is 0 Å². The maximum absolute atomic E-state index is 11.9. The highest BCUT2D eigenvalue weighted by Gasteiger charge is 2.09. The van der Waals surface area contributed by atoms with Gasteiger partial charge in [-0.1, -0.05) is 29.5 Å². The lowest BCUT2D eigenvalue weighted by molar-refractivity contribution is -0.118. The zero-order chi connectivity index (χ0) is 18.4. The molecule has 0 aliphatic carbocycles. The number of benzene rings is 2. The summed E-state index contributed by atoms with van der Waals surface area (Å²) < 4.78 is 11.1. The Hall–Kier alpha value is -3.19. The van der Waals surface area contributed by atoms with Gasteiger partial charge < -0.3 is 9.47 Å². The highest BCUT2D eigenvalue weighted by molar-refractivity contribution is 7.17. The maximum atomic E-state index is 11.9. The molecule has 0 saturated heterocycles. The lowest BCUT2D eigenvalue weighted by Crippen LogP contribution is -2.19. The van der Waals surface area contributed by atoms with E-state index in [1.807, 2.05) is 30.3 Å². The van der Waals surface area contributed by atoms with E-state index in [1.54, 1.807) is 24.3 Å². The Kier molecular flexibility index (Phi) is 5.60. The van der Waals surface area contributed by atoms with Gasteiger partial charge in [-0.3, -0.25) is 14.9 Å². The van der Waals surface area contributed by atoms with Gasteiger partial charge in [-0.25, -0.2) is 4.98 Å². The van der Waals surface area contributed by atoms with E-state index in [0.29, 0.717) is 21.5 Å². The molecule has 1 aromatic heterocycles. The van der Waals surface area contributed by atoms with Gasteiger partial charge in [-0.05, 0) is 36.4 Å². The lowest BCUT2D eigenvalue weighted by atomic mass is 10.3. The molecule has 7 heteroatoms. The van der Waals surface area contributed by atoms with Crippen molar-refractivity contribution < 1.29 is 19.1 Å². The first kappa shape index (κ1) is 17.6. The molecule has 3 rings (SSSR count). The second-order valence-corrected chi connectivity index (χ2v) is 6.34. The summed E-state index contributed by atoms with van der Waals surface area (Å²) in [7, 11) is 0. The first-order valence-electron chi connectivity index (χ1n) is 7.82. The molecule has 0 bridgehead atoms. The molecule has 0 radical (unpaired) electrons. The number of ketones is 1. The molecule has 132 valence electrons. The normalized spacial score (nSPS) is 10.2. The van der Waals surface area contributed by atoms with Crippen molar-refractivity contribution in [1.29, 1.82) is 0 Å². The second-order valence-electron chi connectivity index (χ2n) is 5.31. The monoisotopic (exact) mass is 368 g/mol. The fourth-order valence-corrected chi connectivity index (χ4v) is 2.76. The molecule has 1 amide bonds. The highest BCUT2D eigenvalue weighted by Crippen LogP contribution is 2.23. The maximum Gasteiger partial charge on any atom is 0.264 e. The lowest BCUT2D eigenvalue weighted by Gasteiger charge is -2.08. The van der Waals surface area contributed by atoms with Gasteiger partial charge in [0.05, 0.1) is 11.1 Å². The fraction of sp³-hybridized carbons (Fsp3) is 0.105. The van der Waals surface area contributed by atoms with Crippen LogP contribution in [-0.4, -0.2) is 23.3 Å². The molecule has 0 spiro atoms. The minimum Gasteiger partial charge on any atom is -0.484 e. The van der Waals surface area contributed by atoms with E-state index >= 15 is 0 Å². The minimum absolute atomic E-state index is 0.0861. The van der Waals surface area contributed by atoms with Crippen LogP contribution in [0.5, 0.6) is 17.2 Å². The Morgan fingerprint density at radius 1 is 1.00 bits per heavy atom. The predicted molar refractivity (Wildman–Crippen MR) is 99.2 cm³/mol. The third-order valence-corrected chi connectivity index (χ3v) is 4.29. The molecular weight excluding hydrogens is 352 g/mol. The smallest absolute Gasteiger partial charge is 0.264 e. The van der Waals surface area contributed by atoms with Crippen molar-refractivity contribution in [2.24, 2.45) is 0 Å². The summed E-state index contributed by atoms with van der Waals surface area (Å²) in [6.45, 7) is 1.29. The molecule has 0 unspecified atom stereocenters. The van der Waals surface area contributed by atoms with Crippen molar-refractivity contribution in [3.63, 3.8) is 0 Å². The Labute approximate surface area is 154 Å². The number of hydrogen-bond donors (Lipinski definition) is 1. The highest BCUT2D eigenvalue weighted by atomic mass is 32.1. The number of nitrogens with zero attached hydrogens (tertiary/aromatic N) is 1. The summed E-state index contributed by atoms with van der Waals surface area (Å²) in [6, 6.07) is 16.4. The molecule has 1 N–H and O–H groups in total. The number of amides is 1. The zero-order valence-corrected chi connectivity index (χ0v) is 14.8. The molecule has 0 aliphatic heterocycles. The molecule has 1 heterocycles. The van der Waals surface area contributed by atoms with Crippen LogP contribution in [0, 0.1) is 0 Å². The van der Waals surface area contributed by atoms with Gasteiger partial charge >= 0.3 is 0 Å². The first-order chi connectivity index (χ1) is 12.6. The fourth-order valence-electron chi connectivity index (χ4n) is 2.03. The van der Waals surface area contributed by atoms with Crippen LogP contribution in [-0.2, 0) is 4.79 Å². The van der Waals surface area contributed by atoms with E-state index in [2.05, 4.69) is 10.3 Å². The van der Waals surface area contributed by atoms with Crippen LogP contribution < -0.4 is 14.8 Å². The van der Waals surface area contributed by atoms with Gasteiger partial charge in [-0.15, -0.1) is 0 Å². The number of rotatable bonds is 7. The summed E-state index contributed by atoms with van der Waals surface area (Å²) in [5.74, 6) is 1.53. The molecule has 3 aromatic rings. The summed E-state index contributed by atoms with van der Waals surface area (Å²) in [5.41, 5.74) is 0. The van der Waals surface area contributed by atoms with Crippen molar-refractivity contribution in [2.45, 2.75) is 6.92 Å². The number of Topliss-reactive ketones (excluding diaryl/α,β-unsaturated/α-hetero) is 1. The van der Waals surface area contributed by atoms with Crippen LogP contribution in [0.25, 0.3) is 0 Å². The van der Waals surface area contributed by atoms with Crippen LogP contribution in [0.2, 0.25) is 0 Å². The van der Waals surface area contributed by atoms with Crippen LogP contribution in [0.3, 0.4) is 0 Å². The molecule has 0 saturated carbocycles. The molecule has 0 fully saturated rings. The molecule has 0 aliphatic rings. The third-order valence-electron chi connectivity index (χ3n) is 3.27. The average Bonchev–Trinajstić information content (AvgIpc) is 3.11. The average molecular weight is 368 g/mol. The molecule has 26 heavy (non-hydrogen) atoms. The summed E-state index contributed by atoms with van der Waals surface area (Å²) in [5, 5.41) is 2.97. The summed E-state index contributed by atoms with van der Waals surface area (Å²) in [4.78, 5) is 27.6. The van der Waals surface area contributed by atoms with E-state index in [4.69, 9.17) is 9.47 Å². The van der Waals surface area contributed by atoms with E-state index in [-0.39, 0.29) is 18.3 Å². The van der Waals surface area contributed by atoms with Gasteiger partial charge in [0.1, 0.15) is 17.2 Å². The standard InChI is InChI=1S/C19H16N2O4S/c1-13(22)17-11-20-19(26-17)21-18(23)12-24-14-7-9-16(10-8-14)25-15-5-3-2-4-6-15/h2-11H,12H2,1H3,(H,20,21,23). The number of carbonyl (C=O) groups excluding carboxylic acids is 2. The van der Waals surface area contributed by atoms with Crippen LogP contribution >= 0.6 is 11.3 Å². The minimum atomic E-state index is -0.348. The largest absolute Gasteiger partial charge is 0.484 e. The van der Waals surface area contributed by atoms with Crippen LogP contribution in [0.15, 0.2) is 60.8 Å². The van der Waals surface area contributed by atoms with Gasteiger partial charge in [0.15, 0.2) is 17.5 Å². The van der Waals surface area contributed by atoms with Gasteiger partial charge in [0.25, 0.3) is 5.91 Å². The quantitative estimate of drug-likeness (QED) is 0.634. The van der Waals surface area contributed by atoms with Crippen molar-refractivity contribution in [3.8, 4) is 17.2 Å². The predicted octanol–water partition coefficient (Wildman–Crippen LogP) is 4.16. The Bertz CT molecular complexity index is 891. The molecule has 2 aromatic carbocycles. The molecular formula is C19H16N2O4S. The Morgan fingerprint density at radius 2 is 1.65 bits per heavy atom. The number of nitrogens with one attached hydrogen (secondary N) is 1. The van der Waals surface area contributed by atoms with E-state index in [1.165, 1.54) is 13.1 Å². The number of hydrogen-bond acceptors (Lipinski definition) is 6. The summed E-state index contributed by atoms with van der Waals surface area (Å²) >= 11 is 1.13. The number of anilines is 1. The Morgan fingerprint density at radius 3 is 2.31 bits per heavy atom. The first-order valence-corrected chi connectivity index (χ1v) is 8.64. The summed E-state index contributed by atoms with van der Waals surface area (Å²) in [6.07, 6.45) is 1.44. The SMILES string of the molecule is CC(=O)c1cnc(NC(=O)COc2ccc(Oc3ccccc3)cc2)s1.